The average Bonchev–Trinajstić information content (AvgIpc) is 3.32. The Kier molecular flexibility index (Phi) is 4.35. The Balaban J connectivity index is 1.17. The molecular formula is C19H29N3O4. The largest absolute Gasteiger partial charge is 0.481 e. The summed E-state index contributed by atoms with van der Waals surface area (Å²) in [4.78, 5) is 35.2. The number of rotatable bonds is 7. The first-order valence-electron chi connectivity index (χ1n) is 9.94. The summed E-state index contributed by atoms with van der Waals surface area (Å²) in [6.45, 7) is 0.449. The zero-order valence-corrected chi connectivity index (χ0v) is 15.2. The summed E-state index contributed by atoms with van der Waals surface area (Å²) in [5.41, 5.74) is -0.778. The third-order valence-corrected chi connectivity index (χ3v) is 6.99. The molecule has 26 heavy (non-hydrogen) atoms. The highest BCUT2D eigenvalue weighted by atomic mass is 16.4. The van der Waals surface area contributed by atoms with Crippen molar-refractivity contribution in [3.8, 4) is 0 Å². The summed E-state index contributed by atoms with van der Waals surface area (Å²) in [5.74, 6) is 1.27. The van der Waals surface area contributed by atoms with Gasteiger partial charge in [-0.2, -0.15) is 0 Å². The van der Waals surface area contributed by atoms with E-state index in [0.717, 1.165) is 37.0 Å². The van der Waals surface area contributed by atoms with Gasteiger partial charge in [-0.15, -0.1) is 0 Å². The van der Waals surface area contributed by atoms with Crippen LogP contribution in [0.25, 0.3) is 0 Å². The molecule has 5 aliphatic carbocycles. The van der Waals surface area contributed by atoms with Gasteiger partial charge in [0.25, 0.3) is 0 Å². The summed E-state index contributed by atoms with van der Waals surface area (Å²) in [6.07, 6.45) is 8.72. The van der Waals surface area contributed by atoms with Gasteiger partial charge in [-0.25, -0.2) is 4.79 Å². The Morgan fingerprint density at radius 3 is 2.00 bits per heavy atom. The molecule has 0 radical (unpaired) electrons. The molecule has 7 heteroatoms. The van der Waals surface area contributed by atoms with Crippen LogP contribution >= 0.6 is 0 Å². The molecule has 0 aliphatic heterocycles. The fourth-order valence-electron chi connectivity index (χ4n) is 5.81. The van der Waals surface area contributed by atoms with Crippen LogP contribution in [0.2, 0.25) is 0 Å². The number of aliphatic carboxylic acids is 1. The Bertz CT molecular complexity index is 579. The van der Waals surface area contributed by atoms with Crippen LogP contribution in [0.1, 0.15) is 57.8 Å². The monoisotopic (exact) mass is 363 g/mol. The van der Waals surface area contributed by atoms with Gasteiger partial charge in [-0.3, -0.25) is 9.59 Å². The van der Waals surface area contributed by atoms with E-state index in [4.69, 9.17) is 5.11 Å². The van der Waals surface area contributed by atoms with Crippen LogP contribution in [0.3, 0.4) is 0 Å². The summed E-state index contributed by atoms with van der Waals surface area (Å²) in [7, 11) is 0. The molecule has 3 amide bonds. The van der Waals surface area contributed by atoms with Crippen LogP contribution in [-0.2, 0) is 9.59 Å². The second-order valence-electron chi connectivity index (χ2n) is 9.19. The number of carbonyl (C=O) groups is 3. The first-order valence-corrected chi connectivity index (χ1v) is 9.94. The normalized spacial score (nSPS) is 35.6. The van der Waals surface area contributed by atoms with Gasteiger partial charge in [-0.05, 0) is 69.1 Å². The molecule has 5 saturated carbocycles. The fraction of sp³-hybridized carbons (Fsp3) is 0.842. The van der Waals surface area contributed by atoms with E-state index in [9.17, 15) is 14.4 Å². The van der Waals surface area contributed by atoms with Gasteiger partial charge < -0.3 is 21.1 Å². The number of carboxylic acid groups (broad SMARTS) is 1. The average molecular weight is 363 g/mol. The van der Waals surface area contributed by atoms with Crippen LogP contribution in [0.15, 0.2) is 0 Å². The third-order valence-electron chi connectivity index (χ3n) is 6.99. The SMILES string of the molecule is O=C(CCNC(=O)NC12CC3CC(CC(C3)C1)C2)NCC1(C(=O)O)CC1. The van der Waals surface area contributed by atoms with Crippen molar-refractivity contribution in [3.63, 3.8) is 0 Å². The van der Waals surface area contributed by atoms with E-state index >= 15 is 0 Å². The molecule has 0 aromatic carbocycles. The van der Waals surface area contributed by atoms with Gasteiger partial charge >= 0.3 is 12.0 Å². The number of amides is 3. The van der Waals surface area contributed by atoms with E-state index in [0.29, 0.717) is 12.8 Å². The van der Waals surface area contributed by atoms with Crippen molar-refractivity contribution >= 4 is 17.9 Å². The van der Waals surface area contributed by atoms with Gasteiger partial charge in [0, 0.05) is 25.0 Å². The first-order chi connectivity index (χ1) is 12.4. The van der Waals surface area contributed by atoms with Crippen LogP contribution in [0, 0.1) is 23.2 Å². The number of nitrogens with one attached hydrogen (secondary N) is 3. The second-order valence-corrected chi connectivity index (χ2v) is 9.19. The number of carbonyl (C=O) groups excluding carboxylic acids is 2. The number of hydrogen-bond acceptors (Lipinski definition) is 3. The highest BCUT2D eigenvalue weighted by molar-refractivity contribution is 5.81. The van der Waals surface area contributed by atoms with Gasteiger partial charge in [0.1, 0.15) is 0 Å². The molecular weight excluding hydrogens is 334 g/mol. The molecule has 7 nitrogen and oxygen atoms in total. The lowest BCUT2D eigenvalue weighted by Gasteiger charge is -2.56. The van der Waals surface area contributed by atoms with Crippen molar-refractivity contribution in [2.45, 2.75) is 63.3 Å². The van der Waals surface area contributed by atoms with Crippen LogP contribution in [0.5, 0.6) is 0 Å². The van der Waals surface area contributed by atoms with E-state index in [1.54, 1.807) is 0 Å². The van der Waals surface area contributed by atoms with E-state index in [-0.39, 0.29) is 37.0 Å². The van der Waals surface area contributed by atoms with Crippen molar-refractivity contribution in [2.24, 2.45) is 23.2 Å². The predicted molar refractivity (Wildman–Crippen MR) is 94.4 cm³/mol. The van der Waals surface area contributed by atoms with Crippen molar-refractivity contribution in [2.75, 3.05) is 13.1 Å². The molecule has 5 aliphatic rings. The predicted octanol–water partition coefficient (Wildman–Crippen LogP) is 1.63. The molecule has 5 fully saturated rings. The number of urea groups is 1. The Morgan fingerprint density at radius 1 is 0.923 bits per heavy atom. The summed E-state index contributed by atoms with van der Waals surface area (Å²) in [5, 5.41) is 17.8. The standard InChI is InChI=1S/C19H29N3O4/c23-15(21-11-18(2-3-18)16(24)25)1-4-20-17(26)22-19-8-12-5-13(9-19)7-14(6-12)10-19/h12-14H,1-11H2,(H,21,23)(H,24,25)(H2,20,22,26). The van der Waals surface area contributed by atoms with E-state index < -0.39 is 11.4 Å². The van der Waals surface area contributed by atoms with E-state index in [2.05, 4.69) is 16.0 Å². The van der Waals surface area contributed by atoms with E-state index in [1.807, 2.05) is 0 Å². The van der Waals surface area contributed by atoms with Gasteiger partial charge in [-0.1, -0.05) is 0 Å². The Morgan fingerprint density at radius 2 is 1.50 bits per heavy atom. The van der Waals surface area contributed by atoms with Crippen molar-refractivity contribution < 1.29 is 19.5 Å². The lowest BCUT2D eigenvalue weighted by atomic mass is 9.53. The molecule has 0 aromatic rings. The van der Waals surface area contributed by atoms with Gasteiger partial charge in [0.05, 0.1) is 5.41 Å². The van der Waals surface area contributed by atoms with Crippen molar-refractivity contribution in [1.82, 2.24) is 16.0 Å². The smallest absolute Gasteiger partial charge is 0.315 e. The summed E-state index contributed by atoms with van der Waals surface area (Å²) in [6, 6.07) is -0.177. The van der Waals surface area contributed by atoms with Crippen molar-refractivity contribution in [1.29, 1.82) is 0 Å². The fourth-order valence-corrected chi connectivity index (χ4v) is 5.81. The zero-order chi connectivity index (χ0) is 18.4. The number of hydrogen-bond donors (Lipinski definition) is 4. The maximum absolute atomic E-state index is 12.3. The highest BCUT2D eigenvalue weighted by Crippen LogP contribution is 2.55. The second kappa shape index (κ2) is 6.43. The molecule has 0 unspecified atom stereocenters. The topological polar surface area (TPSA) is 108 Å². The minimum absolute atomic E-state index is 0.0269. The van der Waals surface area contributed by atoms with Crippen LogP contribution in [0.4, 0.5) is 4.79 Å². The summed E-state index contributed by atoms with van der Waals surface area (Å²) >= 11 is 0. The molecule has 0 atom stereocenters. The Labute approximate surface area is 153 Å². The minimum atomic E-state index is -0.842. The third kappa shape index (κ3) is 3.53. The number of carboxylic acids is 1. The zero-order valence-electron chi connectivity index (χ0n) is 15.2. The molecule has 0 aromatic heterocycles. The molecule has 0 heterocycles. The molecule has 0 saturated heterocycles. The first kappa shape index (κ1) is 17.6. The van der Waals surface area contributed by atoms with Gasteiger partial charge in [0.15, 0.2) is 0 Å². The molecule has 4 N–H and O–H groups in total. The Hall–Kier alpha value is -1.79. The van der Waals surface area contributed by atoms with E-state index in [1.165, 1.54) is 19.3 Å². The lowest BCUT2D eigenvalue weighted by molar-refractivity contribution is -0.143. The minimum Gasteiger partial charge on any atom is -0.481 e. The van der Waals surface area contributed by atoms with Crippen molar-refractivity contribution in [3.05, 3.63) is 0 Å². The quantitative estimate of drug-likeness (QED) is 0.551. The maximum atomic E-state index is 12.3. The molecule has 0 spiro atoms. The molecule has 5 rings (SSSR count). The lowest BCUT2D eigenvalue weighted by Crippen LogP contribution is -2.61. The molecule has 144 valence electrons. The van der Waals surface area contributed by atoms with Crippen LogP contribution in [-0.4, -0.2) is 41.6 Å². The maximum Gasteiger partial charge on any atom is 0.315 e. The van der Waals surface area contributed by atoms with Crippen LogP contribution < -0.4 is 16.0 Å². The van der Waals surface area contributed by atoms with Gasteiger partial charge in [0.2, 0.25) is 5.91 Å². The summed E-state index contributed by atoms with van der Waals surface area (Å²) < 4.78 is 0. The molecule has 4 bridgehead atoms. The highest BCUT2D eigenvalue weighted by Gasteiger charge is 2.52.